The van der Waals surface area contributed by atoms with Crippen LogP contribution < -0.4 is 5.32 Å². The van der Waals surface area contributed by atoms with E-state index in [1.54, 1.807) is 24.3 Å². The van der Waals surface area contributed by atoms with Crippen molar-refractivity contribution in [2.75, 3.05) is 31.6 Å². The van der Waals surface area contributed by atoms with Gasteiger partial charge in [-0.05, 0) is 56.3 Å². The predicted octanol–water partition coefficient (Wildman–Crippen LogP) is 4.54. The summed E-state index contributed by atoms with van der Waals surface area (Å²) in [4.78, 5) is 18.4. The number of likely N-dealkylation sites (tertiary alicyclic amines) is 1. The molecule has 3 heterocycles. The molecular weight excluding hydrogens is 403 g/mol. The van der Waals surface area contributed by atoms with Crippen LogP contribution in [0.3, 0.4) is 0 Å². The zero-order chi connectivity index (χ0) is 21.2. The van der Waals surface area contributed by atoms with Gasteiger partial charge in [0.2, 0.25) is 0 Å². The van der Waals surface area contributed by atoms with Crippen molar-refractivity contribution in [3.05, 3.63) is 54.3 Å². The van der Waals surface area contributed by atoms with Gasteiger partial charge in [0.1, 0.15) is 17.9 Å². The molecule has 8 nitrogen and oxygen atoms in total. The van der Waals surface area contributed by atoms with Crippen molar-refractivity contribution in [3.63, 3.8) is 0 Å². The zero-order valence-corrected chi connectivity index (χ0v) is 16.7. The first-order valence-corrected chi connectivity index (χ1v) is 10.2. The Morgan fingerprint density at radius 3 is 2.94 bits per heavy atom. The standard InChI is InChI=1S/C22H21FN4O4/c23-15-1-3-17-20(11-15)31-26-21(17)14-5-7-27(8-6-14)9-10-29-22(28)25-16-2-4-19-18(12-16)24-13-30-19/h1-4,11-14H,5-10H2,(H,25,28). The fourth-order valence-corrected chi connectivity index (χ4v) is 4.01. The maximum Gasteiger partial charge on any atom is 0.411 e. The van der Waals surface area contributed by atoms with Gasteiger partial charge >= 0.3 is 6.09 Å². The molecular formula is C22H21FN4O4. The van der Waals surface area contributed by atoms with E-state index >= 15 is 0 Å². The maximum atomic E-state index is 13.3. The number of anilines is 1. The molecule has 9 heteroatoms. The van der Waals surface area contributed by atoms with Crippen LogP contribution in [-0.2, 0) is 4.74 Å². The molecule has 5 rings (SSSR count). The Kier molecular flexibility index (Phi) is 5.25. The second kappa shape index (κ2) is 8.35. The van der Waals surface area contributed by atoms with Crippen LogP contribution >= 0.6 is 0 Å². The third kappa shape index (κ3) is 4.22. The molecule has 2 aromatic carbocycles. The summed E-state index contributed by atoms with van der Waals surface area (Å²) in [5.41, 5.74) is 3.32. The molecule has 0 radical (unpaired) electrons. The van der Waals surface area contributed by atoms with Gasteiger partial charge in [-0.25, -0.2) is 14.2 Å². The molecule has 0 saturated carbocycles. The Hall–Kier alpha value is -3.46. The van der Waals surface area contributed by atoms with E-state index in [2.05, 4.69) is 20.4 Å². The van der Waals surface area contributed by atoms with Gasteiger partial charge < -0.3 is 13.7 Å². The molecule has 1 aliphatic heterocycles. The fraction of sp³-hybridized carbons (Fsp3) is 0.318. The molecule has 0 aliphatic carbocycles. The molecule has 0 atom stereocenters. The van der Waals surface area contributed by atoms with E-state index in [-0.39, 0.29) is 11.7 Å². The molecule has 4 aromatic rings. The van der Waals surface area contributed by atoms with Crippen molar-refractivity contribution in [2.45, 2.75) is 18.8 Å². The van der Waals surface area contributed by atoms with Gasteiger partial charge in [-0.1, -0.05) is 5.16 Å². The minimum atomic E-state index is -0.501. The first kappa shape index (κ1) is 19.5. The van der Waals surface area contributed by atoms with E-state index in [0.29, 0.717) is 35.5 Å². The van der Waals surface area contributed by atoms with Crippen LogP contribution in [0.2, 0.25) is 0 Å². The van der Waals surface area contributed by atoms with Crippen LogP contribution in [0.4, 0.5) is 14.9 Å². The Morgan fingerprint density at radius 1 is 1.19 bits per heavy atom. The van der Waals surface area contributed by atoms with E-state index in [1.807, 2.05) is 0 Å². The van der Waals surface area contributed by atoms with Gasteiger partial charge in [0.25, 0.3) is 0 Å². The van der Waals surface area contributed by atoms with E-state index in [0.717, 1.165) is 37.0 Å². The van der Waals surface area contributed by atoms with Gasteiger partial charge in [0.05, 0.1) is 5.69 Å². The molecule has 0 spiro atoms. The molecule has 1 saturated heterocycles. The molecule has 1 fully saturated rings. The SMILES string of the molecule is O=C(Nc1ccc2ocnc2c1)OCCN1CCC(c2noc3cc(F)ccc23)CC1. The number of benzene rings is 2. The van der Waals surface area contributed by atoms with Gasteiger partial charge in [0, 0.05) is 29.6 Å². The summed E-state index contributed by atoms with van der Waals surface area (Å²) >= 11 is 0. The van der Waals surface area contributed by atoms with Crippen molar-refractivity contribution in [1.29, 1.82) is 0 Å². The normalized spacial score (nSPS) is 15.5. The lowest BCUT2D eigenvalue weighted by molar-refractivity contribution is 0.128. The van der Waals surface area contributed by atoms with Crippen molar-refractivity contribution in [2.24, 2.45) is 0 Å². The van der Waals surface area contributed by atoms with Crippen LogP contribution in [0, 0.1) is 5.82 Å². The van der Waals surface area contributed by atoms with E-state index in [4.69, 9.17) is 13.7 Å². The molecule has 2 aromatic heterocycles. The number of nitrogens with zero attached hydrogens (tertiary/aromatic N) is 3. The molecule has 1 N–H and O–H groups in total. The number of fused-ring (bicyclic) bond motifs is 2. The summed E-state index contributed by atoms with van der Waals surface area (Å²) in [5.74, 6) is -0.0497. The number of carbonyl (C=O) groups excluding carboxylic acids is 1. The van der Waals surface area contributed by atoms with Crippen molar-refractivity contribution in [1.82, 2.24) is 15.0 Å². The Labute approximate surface area is 176 Å². The number of amides is 1. The lowest BCUT2D eigenvalue weighted by atomic mass is 9.91. The highest BCUT2D eigenvalue weighted by molar-refractivity contribution is 5.88. The number of halogens is 1. The molecule has 1 amide bonds. The average Bonchev–Trinajstić information content (AvgIpc) is 3.40. The third-order valence-corrected chi connectivity index (χ3v) is 5.65. The van der Waals surface area contributed by atoms with Crippen molar-refractivity contribution in [3.8, 4) is 0 Å². The number of ether oxygens (including phenoxy) is 1. The van der Waals surface area contributed by atoms with E-state index in [9.17, 15) is 9.18 Å². The zero-order valence-electron chi connectivity index (χ0n) is 16.7. The quantitative estimate of drug-likeness (QED) is 0.503. The van der Waals surface area contributed by atoms with Gasteiger partial charge in [-0.15, -0.1) is 0 Å². The van der Waals surface area contributed by atoms with Crippen molar-refractivity contribution >= 4 is 33.8 Å². The van der Waals surface area contributed by atoms with Crippen LogP contribution in [0.25, 0.3) is 22.1 Å². The predicted molar refractivity (Wildman–Crippen MR) is 111 cm³/mol. The van der Waals surface area contributed by atoms with Gasteiger partial charge in [-0.3, -0.25) is 10.2 Å². The molecule has 1 aliphatic rings. The lowest BCUT2D eigenvalue weighted by Gasteiger charge is -2.30. The average molecular weight is 424 g/mol. The number of carbonyl (C=O) groups is 1. The number of nitrogens with one attached hydrogen (secondary N) is 1. The number of piperidine rings is 1. The highest BCUT2D eigenvalue weighted by atomic mass is 19.1. The number of hydrogen-bond donors (Lipinski definition) is 1. The summed E-state index contributed by atoms with van der Waals surface area (Å²) < 4.78 is 29.1. The third-order valence-electron chi connectivity index (χ3n) is 5.65. The van der Waals surface area contributed by atoms with Crippen LogP contribution in [0.1, 0.15) is 24.5 Å². The minimum Gasteiger partial charge on any atom is -0.448 e. The van der Waals surface area contributed by atoms with Crippen LogP contribution in [-0.4, -0.2) is 47.4 Å². The Balaban J connectivity index is 1.08. The highest BCUT2D eigenvalue weighted by Crippen LogP contribution is 2.32. The fourth-order valence-electron chi connectivity index (χ4n) is 4.01. The smallest absolute Gasteiger partial charge is 0.411 e. The topological polar surface area (TPSA) is 93.6 Å². The molecule has 0 bridgehead atoms. The maximum absolute atomic E-state index is 13.3. The first-order valence-electron chi connectivity index (χ1n) is 10.2. The molecule has 160 valence electrons. The van der Waals surface area contributed by atoms with Gasteiger partial charge in [-0.2, -0.15) is 0 Å². The van der Waals surface area contributed by atoms with Crippen LogP contribution in [0.15, 0.2) is 51.7 Å². The first-order chi connectivity index (χ1) is 15.2. The van der Waals surface area contributed by atoms with Crippen LogP contribution in [0.5, 0.6) is 0 Å². The monoisotopic (exact) mass is 424 g/mol. The lowest BCUT2D eigenvalue weighted by Crippen LogP contribution is -2.36. The van der Waals surface area contributed by atoms with E-state index in [1.165, 1.54) is 18.5 Å². The summed E-state index contributed by atoms with van der Waals surface area (Å²) in [7, 11) is 0. The summed E-state index contributed by atoms with van der Waals surface area (Å²) in [5, 5.41) is 7.76. The number of rotatable bonds is 5. The minimum absolute atomic E-state index is 0.277. The molecule has 31 heavy (non-hydrogen) atoms. The number of oxazole rings is 1. The number of hydrogen-bond acceptors (Lipinski definition) is 7. The second-order valence-electron chi connectivity index (χ2n) is 7.62. The van der Waals surface area contributed by atoms with E-state index < -0.39 is 6.09 Å². The summed E-state index contributed by atoms with van der Waals surface area (Å²) in [6.45, 7) is 2.70. The number of aromatic nitrogens is 2. The highest BCUT2D eigenvalue weighted by Gasteiger charge is 2.25. The Morgan fingerprint density at radius 2 is 2.06 bits per heavy atom. The van der Waals surface area contributed by atoms with Gasteiger partial charge in [0.15, 0.2) is 17.6 Å². The molecule has 0 unspecified atom stereocenters. The van der Waals surface area contributed by atoms with Crippen molar-refractivity contribution < 1.29 is 22.9 Å². The Bertz CT molecular complexity index is 1210. The summed E-state index contributed by atoms with van der Waals surface area (Å²) in [6.07, 6.45) is 2.70. The summed E-state index contributed by atoms with van der Waals surface area (Å²) in [6, 6.07) is 9.75. The second-order valence-corrected chi connectivity index (χ2v) is 7.62. The largest absolute Gasteiger partial charge is 0.448 e.